The predicted molar refractivity (Wildman–Crippen MR) is 93.6 cm³/mol. The molecule has 0 spiro atoms. The molecule has 4 nitrogen and oxygen atoms in total. The number of rotatable bonds is 7. The van der Waals surface area contributed by atoms with E-state index in [0.717, 1.165) is 0 Å². The van der Waals surface area contributed by atoms with Gasteiger partial charge in [0.15, 0.2) is 11.5 Å². The van der Waals surface area contributed by atoms with Crippen LogP contribution in [0.3, 0.4) is 0 Å². The first-order chi connectivity index (χ1) is 11.1. The number of nitrogens with zero attached hydrogens (tertiary/aromatic N) is 1. The van der Waals surface area contributed by atoms with Crippen molar-refractivity contribution in [2.45, 2.75) is 27.3 Å². The summed E-state index contributed by atoms with van der Waals surface area (Å²) in [6.07, 6.45) is 0. The predicted octanol–water partition coefficient (Wildman–Crippen LogP) is 4.13. The zero-order valence-corrected chi connectivity index (χ0v) is 14.9. The van der Waals surface area contributed by atoms with Gasteiger partial charge in [-0.3, -0.25) is 4.79 Å². The van der Waals surface area contributed by atoms with E-state index in [1.165, 1.54) is 10.4 Å². The van der Waals surface area contributed by atoms with Crippen LogP contribution in [-0.2, 0) is 6.54 Å². The van der Waals surface area contributed by atoms with Crippen molar-refractivity contribution in [3.05, 3.63) is 45.6 Å². The maximum Gasteiger partial charge on any atom is 0.254 e. The van der Waals surface area contributed by atoms with Crippen LogP contribution in [-0.4, -0.2) is 31.1 Å². The average Bonchev–Trinajstić information content (AvgIpc) is 2.94. The van der Waals surface area contributed by atoms with E-state index in [2.05, 4.69) is 13.0 Å². The molecule has 0 saturated heterocycles. The van der Waals surface area contributed by atoms with E-state index >= 15 is 0 Å². The first kappa shape index (κ1) is 17.3. The monoisotopic (exact) mass is 333 g/mol. The van der Waals surface area contributed by atoms with Crippen molar-refractivity contribution in [2.75, 3.05) is 20.3 Å². The van der Waals surface area contributed by atoms with Gasteiger partial charge in [0.2, 0.25) is 0 Å². The van der Waals surface area contributed by atoms with Gasteiger partial charge in [0.05, 0.1) is 19.8 Å². The molecule has 0 N–H and O–H groups in total. The van der Waals surface area contributed by atoms with Crippen LogP contribution in [0.15, 0.2) is 29.6 Å². The topological polar surface area (TPSA) is 38.8 Å². The van der Waals surface area contributed by atoms with Gasteiger partial charge in [0, 0.05) is 17.5 Å². The number of hydrogen-bond donors (Lipinski definition) is 0. The second-order valence-corrected chi connectivity index (χ2v) is 6.22. The third-order valence-electron chi connectivity index (χ3n) is 3.49. The summed E-state index contributed by atoms with van der Waals surface area (Å²) in [5, 5.41) is 2.05. The maximum atomic E-state index is 12.6. The fourth-order valence-electron chi connectivity index (χ4n) is 2.26. The Kier molecular flexibility index (Phi) is 6.04. The van der Waals surface area contributed by atoms with Crippen LogP contribution in [0.5, 0.6) is 11.5 Å². The van der Waals surface area contributed by atoms with Crippen LogP contribution >= 0.6 is 11.3 Å². The number of thiophene rings is 1. The molecule has 1 aromatic carbocycles. The molecule has 0 fully saturated rings. The summed E-state index contributed by atoms with van der Waals surface area (Å²) in [6, 6.07) is 7.41. The molecular formula is C18H23NO3S. The van der Waals surface area contributed by atoms with Gasteiger partial charge >= 0.3 is 0 Å². The molecule has 0 atom stereocenters. The first-order valence-corrected chi connectivity index (χ1v) is 8.62. The molecule has 1 heterocycles. The molecular weight excluding hydrogens is 310 g/mol. The minimum atomic E-state index is -0.0261. The van der Waals surface area contributed by atoms with Gasteiger partial charge in [-0.1, -0.05) is 0 Å². The summed E-state index contributed by atoms with van der Waals surface area (Å²) in [4.78, 5) is 15.6. The van der Waals surface area contributed by atoms with Crippen molar-refractivity contribution >= 4 is 17.2 Å². The molecule has 0 aliphatic carbocycles. The molecule has 23 heavy (non-hydrogen) atoms. The van der Waals surface area contributed by atoms with Gasteiger partial charge in [0.1, 0.15) is 0 Å². The number of aryl methyl sites for hydroxylation is 1. The summed E-state index contributed by atoms with van der Waals surface area (Å²) in [5.41, 5.74) is 1.82. The van der Waals surface area contributed by atoms with Crippen LogP contribution < -0.4 is 9.47 Å². The van der Waals surface area contributed by atoms with Gasteiger partial charge in [-0.15, -0.1) is 11.3 Å². The van der Waals surface area contributed by atoms with Crippen molar-refractivity contribution in [1.82, 2.24) is 4.90 Å². The molecule has 5 heteroatoms. The minimum absolute atomic E-state index is 0.0261. The second kappa shape index (κ2) is 8.02. The lowest BCUT2D eigenvalue weighted by molar-refractivity contribution is 0.0785. The number of amides is 1. The van der Waals surface area contributed by atoms with E-state index in [9.17, 15) is 4.79 Å². The quantitative estimate of drug-likeness (QED) is 0.765. The lowest BCUT2D eigenvalue weighted by Crippen LogP contribution is -2.26. The highest BCUT2D eigenvalue weighted by Gasteiger charge is 2.16. The van der Waals surface area contributed by atoms with Crippen molar-refractivity contribution in [3.8, 4) is 11.5 Å². The smallest absolute Gasteiger partial charge is 0.254 e. The lowest BCUT2D eigenvalue weighted by Gasteiger charge is -2.18. The van der Waals surface area contributed by atoms with Crippen molar-refractivity contribution in [3.63, 3.8) is 0 Å². The number of carbonyl (C=O) groups is 1. The highest BCUT2D eigenvalue weighted by atomic mass is 32.1. The normalized spacial score (nSPS) is 10.4. The number of benzene rings is 1. The van der Waals surface area contributed by atoms with Gasteiger partial charge in [0.25, 0.3) is 5.91 Å². The maximum absolute atomic E-state index is 12.6. The molecule has 1 amide bonds. The Morgan fingerprint density at radius 1 is 1.13 bits per heavy atom. The van der Waals surface area contributed by atoms with Crippen molar-refractivity contribution < 1.29 is 14.3 Å². The Hall–Kier alpha value is -2.01. The summed E-state index contributed by atoms with van der Waals surface area (Å²) >= 11 is 1.67. The molecule has 2 aromatic rings. The lowest BCUT2D eigenvalue weighted by atomic mass is 10.1. The zero-order chi connectivity index (χ0) is 16.8. The van der Waals surface area contributed by atoms with Gasteiger partial charge in [-0.25, -0.2) is 0 Å². The number of ether oxygens (including phenoxy) is 2. The van der Waals surface area contributed by atoms with Crippen LogP contribution in [0.25, 0.3) is 0 Å². The molecule has 0 bridgehead atoms. The SMILES string of the molecule is CCOc1ccc(C(=O)N(C)Cc2sccc2C)cc1OCC. The number of carbonyl (C=O) groups excluding carboxylic acids is 1. The average molecular weight is 333 g/mol. The molecule has 124 valence electrons. The van der Waals surface area contributed by atoms with E-state index in [1.807, 2.05) is 26.3 Å². The van der Waals surface area contributed by atoms with E-state index in [1.54, 1.807) is 34.4 Å². The molecule has 0 aliphatic heterocycles. The van der Waals surface area contributed by atoms with Crippen LogP contribution in [0, 0.1) is 6.92 Å². The third-order valence-corrected chi connectivity index (χ3v) is 4.49. The van der Waals surface area contributed by atoms with Gasteiger partial charge < -0.3 is 14.4 Å². The molecule has 0 aliphatic rings. The summed E-state index contributed by atoms with van der Waals surface area (Å²) in [6.45, 7) is 7.60. The molecule has 1 aromatic heterocycles. The first-order valence-electron chi connectivity index (χ1n) is 7.74. The van der Waals surface area contributed by atoms with Crippen molar-refractivity contribution in [2.24, 2.45) is 0 Å². The van der Waals surface area contributed by atoms with Crippen LogP contribution in [0.1, 0.15) is 34.6 Å². The van der Waals surface area contributed by atoms with E-state index in [-0.39, 0.29) is 5.91 Å². The molecule has 0 radical (unpaired) electrons. The van der Waals surface area contributed by atoms with E-state index < -0.39 is 0 Å². The molecule has 2 rings (SSSR count). The Labute approximate surface area is 141 Å². The Morgan fingerprint density at radius 2 is 1.83 bits per heavy atom. The van der Waals surface area contributed by atoms with Gasteiger partial charge in [-0.05, 0) is 56.0 Å². The highest BCUT2D eigenvalue weighted by molar-refractivity contribution is 7.10. The molecule has 0 saturated carbocycles. The fourth-order valence-corrected chi connectivity index (χ4v) is 3.22. The van der Waals surface area contributed by atoms with Crippen LogP contribution in [0.4, 0.5) is 0 Å². The summed E-state index contributed by atoms with van der Waals surface area (Å²) in [7, 11) is 1.82. The van der Waals surface area contributed by atoms with Crippen LogP contribution in [0.2, 0.25) is 0 Å². The zero-order valence-electron chi connectivity index (χ0n) is 14.1. The van der Waals surface area contributed by atoms with Crippen molar-refractivity contribution in [1.29, 1.82) is 0 Å². The third kappa shape index (κ3) is 4.26. The Morgan fingerprint density at radius 3 is 2.43 bits per heavy atom. The minimum Gasteiger partial charge on any atom is -0.490 e. The summed E-state index contributed by atoms with van der Waals surface area (Å²) < 4.78 is 11.1. The Bertz CT molecular complexity index is 666. The number of hydrogen-bond acceptors (Lipinski definition) is 4. The Balaban J connectivity index is 2.17. The standard InChI is InChI=1S/C18H23NO3S/c1-5-21-15-8-7-14(11-16(15)22-6-2)18(20)19(4)12-17-13(3)9-10-23-17/h7-11H,5-6,12H2,1-4H3. The van der Waals surface area contributed by atoms with Gasteiger partial charge in [-0.2, -0.15) is 0 Å². The second-order valence-electron chi connectivity index (χ2n) is 5.22. The fraction of sp³-hybridized carbons (Fsp3) is 0.389. The largest absolute Gasteiger partial charge is 0.490 e. The van der Waals surface area contributed by atoms with E-state index in [0.29, 0.717) is 36.8 Å². The summed E-state index contributed by atoms with van der Waals surface area (Å²) in [5.74, 6) is 1.25. The van der Waals surface area contributed by atoms with E-state index in [4.69, 9.17) is 9.47 Å². The highest BCUT2D eigenvalue weighted by Crippen LogP contribution is 2.29. The molecule has 0 unspecified atom stereocenters.